The van der Waals surface area contributed by atoms with Crippen LogP contribution in [0, 0.1) is 0 Å². The monoisotopic (exact) mass is 510 g/mol. The normalized spacial score (nSPS) is 14.3. The first-order valence-electron chi connectivity index (χ1n) is 11.0. The van der Waals surface area contributed by atoms with Gasteiger partial charge < -0.3 is 14.8 Å². The molecule has 2 aromatic carbocycles. The van der Waals surface area contributed by atoms with E-state index in [1.165, 1.54) is 16.4 Å². The van der Waals surface area contributed by atoms with E-state index in [1.54, 1.807) is 30.3 Å². The van der Waals surface area contributed by atoms with Crippen molar-refractivity contribution in [1.29, 1.82) is 0 Å². The summed E-state index contributed by atoms with van der Waals surface area (Å²) in [5.74, 6) is 0.843. The van der Waals surface area contributed by atoms with Gasteiger partial charge in [0, 0.05) is 25.3 Å². The molecule has 0 bridgehead atoms. The van der Waals surface area contributed by atoms with Crippen molar-refractivity contribution in [3.05, 3.63) is 48.0 Å². The van der Waals surface area contributed by atoms with E-state index in [9.17, 15) is 21.6 Å². The van der Waals surface area contributed by atoms with Gasteiger partial charge in [-0.1, -0.05) is 19.1 Å². The van der Waals surface area contributed by atoms with Crippen LogP contribution in [0.2, 0.25) is 0 Å². The largest absolute Gasteiger partial charge is 0.486 e. The van der Waals surface area contributed by atoms with Gasteiger partial charge in [0.15, 0.2) is 21.3 Å². The number of nitrogens with one attached hydrogen (secondary N) is 1. The van der Waals surface area contributed by atoms with Crippen LogP contribution in [0.3, 0.4) is 0 Å². The SMILES string of the molecule is CCC(NC(=O)CCCN(c1ccc2c(c1)OCCO2)S(C)(=O)=O)c1ccc(S(C)(=O)=O)cc1. The molecule has 1 unspecified atom stereocenters. The molecule has 0 spiro atoms. The Labute approximate surface area is 201 Å². The molecule has 1 heterocycles. The molecule has 2 aromatic rings. The Morgan fingerprint density at radius 2 is 1.65 bits per heavy atom. The van der Waals surface area contributed by atoms with Crippen LogP contribution in [0.4, 0.5) is 5.69 Å². The second-order valence-electron chi connectivity index (χ2n) is 8.14. The molecule has 186 valence electrons. The number of carbonyl (C=O) groups is 1. The smallest absolute Gasteiger partial charge is 0.232 e. The summed E-state index contributed by atoms with van der Waals surface area (Å²) in [5.41, 5.74) is 1.25. The first-order chi connectivity index (χ1) is 16.0. The van der Waals surface area contributed by atoms with E-state index in [-0.39, 0.29) is 29.8 Å². The Bertz CT molecular complexity index is 1230. The summed E-state index contributed by atoms with van der Waals surface area (Å²) in [7, 11) is -6.86. The molecule has 1 atom stereocenters. The average molecular weight is 511 g/mol. The first kappa shape index (κ1) is 25.8. The zero-order valence-corrected chi connectivity index (χ0v) is 21.1. The highest BCUT2D eigenvalue weighted by Crippen LogP contribution is 2.34. The molecule has 34 heavy (non-hydrogen) atoms. The van der Waals surface area contributed by atoms with E-state index in [0.29, 0.717) is 43.2 Å². The Morgan fingerprint density at radius 1 is 1.00 bits per heavy atom. The van der Waals surface area contributed by atoms with Gasteiger partial charge in [0.05, 0.1) is 22.9 Å². The van der Waals surface area contributed by atoms with Crippen molar-refractivity contribution < 1.29 is 31.1 Å². The van der Waals surface area contributed by atoms with Gasteiger partial charge in [0.1, 0.15) is 13.2 Å². The molecular formula is C23H30N2O7S2. The van der Waals surface area contributed by atoms with E-state index < -0.39 is 19.9 Å². The van der Waals surface area contributed by atoms with E-state index >= 15 is 0 Å². The fourth-order valence-electron chi connectivity index (χ4n) is 3.69. The minimum atomic E-state index is -3.57. The number of carbonyl (C=O) groups excluding carboxylic acids is 1. The van der Waals surface area contributed by atoms with Gasteiger partial charge in [0.25, 0.3) is 0 Å². The number of hydrogen-bond acceptors (Lipinski definition) is 7. The van der Waals surface area contributed by atoms with Gasteiger partial charge >= 0.3 is 0 Å². The number of rotatable bonds is 10. The van der Waals surface area contributed by atoms with Crippen molar-refractivity contribution in [2.24, 2.45) is 0 Å². The maximum Gasteiger partial charge on any atom is 0.232 e. The van der Waals surface area contributed by atoms with Crippen LogP contribution < -0.4 is 19.1 Å². The lowest BCUT2D eigenvalue weighted by atomic mass is 10.0. The fraction of sp³-hybridized carbons (Fsp3) is 0.435. The van der Waals surface area contributed by atoms with Crippen molar-refractivity contribution in [3.8, 4) is 11.5 Å². The lowest BCUT2D eigenvalue weighted by Crippen LogP contribution is -2.33. The van der Waals surface area contributed by atoms with Crippen LogP contribution in [0.25, 0.3) is 0 Å². The molecule has 11 heteroatoms. The van der Waals surface area contributed by atoms with E-state index in [4.69, 9.17) is 9.47 Å². The lowest BCUT2D eigenvalue weighted by molar-refractivity contribution is -0.121. The Hall–Kier alpha value is -2.79. The molecule has 0 radical (unpaired) electrons. The second-order valence-corrected chi connectivity index (χ2v) is 12.1. The molecule has 1 aliphatic rings. The lowest BCUT2D eigenvalue weighted by Gasteiger charge is -2.25. The highest BCUT2D eigenvalue weighted by atomic mass is 32.2. The zero-order valence-electron chi connectivity index (χ0n) is 19.5. The Balaban J connectivity index is 1.61. The van der Waals surface area contributed by atoms with E-state index in [1.807, 2.05) is 6.92 Å². The summed E-state index contributed by atoms with van der Waals surface area (Å²) in [6, 6.07) is 11.1. The molecule has 0 saturated carbocycles. The standard InChI is InChI=1S/C23H30N2O7S2/c1-4-20(17-7-10-19(11-8-17)33(2,27)28)24-23(26)6-5-13-25(34(3,29)30)18-9-12-21-22(16-18)32-15-14-31-21/h7-12,16,20H,4-6,13-15H2,1-3H3,(H,24,26). The highest BCUT2D eigenvalue weighted by Gasteiger charge is 2.21. The number of amides is 1. The van der Waals surface area contributed by atoms with Crippen LogP contribution in [-0.4, -0.2) is 55.0 Å². The quantitative estimate of drug-likeness (QED) is 0.522. The number of sulfone groups is 1. The summed E-state index contributed by atoms with van der Waals surface area (Å²) < 4.78 is 60.4. The topological polar surface area (TPSA) is 119 Å². The molecule has 0 aromatic heterocycles. The van der Waals surface area contributed by atoms with Gasteiger partial charge in [-0.2, -0.15) is 0 Å². The van der Waals surface area contributed by atoms with Crippen molar-refractivity contribution in [1.82, 2.24) is 5.32 Å². The minimum absolute atomic E-state index is 0.131. The maximum atomic E-state index is 12.6. The zero-order chi connectivity index (χ0) is 24.9. The van der Waals surface area contributed by atoms with Gasteiger partial charge in [-0.25, -0.2) is 16.8 Å². The first-order valence-corrected chi connectivity index (χ1v) is 14.7. The van der Waals surface area contributed by atoms with Crippen LogP contribution >= 0.6 is 0 Å². The number of nitrogens with zero attached hydrogens (tertiary/aromatic N) is 1. The molecule has 1 aliphatic heterocycles. The Kier molecular flexibility index (Phi) is 8.09. The molecule has 3 rings (SSSR count). The predicted molar refractivity (Wildman–Crippen MR) is 130 cm³/mol. The third-order valence-electron chi connectivity index (χ3n) is 5.43. The molecule has 1 amide bonds. The summed E-state index contributed by atoms with van der Waals surface area (Å²) in [4.78, 5) is 12.8. The predicted octanol–water partition coefficient (Wildman–Crippen LogP) is 2.68. The number of fused-ring (bicyclic) bond motifs is 1. The average Bonchev–Trinajstić information content (AvgIpc) is 2.78. The summed E-state index contributed by atoms with van der Waals surface area (Å²) in [5, 5.41) is 2.94. The number of ether oxygens (including phenoxy) is 2. The summed E-state index contributed by atoms with van der Waals surface area (Å²) in [6.07, 6.45) is 3.34. The molecule has 0 aliphatic carbocycles. The van der Waals surface area contributed by atoms with Crippen LogP contribution in [-0.2, 0) is 24.7 Å². The van der Waals surface area contributed by atoms with Gasteiger partial charge in [-0.3, -0.25) is 9.10 Å². The molecular weight excluding hydrogens is 480 g/mol. The molecule has 9 nitrogen and oxygen atoms in total. The van der Waals surface area contributed by atoms with Crippen LogP contribution in [0.1, 0.15) is 37.8 Å². The fourth-order valence-corrected chi connectivity index (χ4v) is 5.28. The van der Waals surface area contributed by atoms with Gasteiger partial charge in [0.2, 0.25) is 15.9 Å². The van der Waals surface area contributed by atoms with Crippen LogP contribution in [0.5, 0.6) is 11.5 Å². The maximum absolute atomic E-state index is 12.6. The van der Waals surface area contributed by atoms with Crippen molar-refractivity contribution in [2.75, 3.05) is 36.6 Å². The Morgan fingerprint density at radius 3 is 2.24 bits per heavy atom. The summed E-state index contributed by atoms with van der Waals surface area (Å²) >= 11 is 0. The molecule has 0 fully saturated rings. The van der Waals surface area contributed by atoms with Gasteiger partial charge in [-0.15, -0.1) is 0 Å². The third kappa shape index (κ3) is 6.63. The molecule has 1 N–H and O–H groups in total. The van der Waals surface area contributed by atoms with Crippen molar-refractivity contribution in [3.63, 3.8) is 0 Å². The number of benzene rings is 2. The van der Waals surface area contributed by atoms with Crippen molar-refractivity contribution in [2.45, 2.75) is 37.1 Å². The third-order valence-corrected chi connectivity index (χ3v) is 7.76. The number of anilines is 1. The van der Waals surface area contributed by atoms with E-state index in [0.717, 1.165) is 18.1 Å². The van der Waals surface area contributed by atoms with Crippen LogP contribution in [0.15, 0.2) is 47.4 Å². The number of hydrogen-bond donors (Lipinski definition) is 1. The van der Waals surface area contributed by atoms with Gasteiger partial charge in [-0.05, 0) is 42.7 Å². The minimum Gasteiger partial charge on any atom is -0.486 e. The second kappa shape index (κ2) is 10.6. The highest BCUT2D eigenvalue weighted by molar-refractivity contribution is 7.92. The van der Waals surface area contributed by atoms with E-state index in [2.05, 4.69) is 5.32 Å². The molecule has 0 saturated heterocycles. The van der Waals surface area contributed by atoms with Crippen molar-refractivity contribution >= 4 is 31.5 Å². The summed E-state index contributed by atoms with van der Waals surface area (Å²) in [6.45, 7) is 2.89. The number of sulfonamides is 1.